The van der Waals surface area contributed by atoms with Crippen molar-refractivity contribution < 1.29 is 5.21 Å². The van der Waals surface area contributed by atoms with Gasteiger partial charge in [-0.1, -0.05) is 48.5 Å². The van der Waals surface area contributed by atoms with Crippen molar-refractivity contribution >= 4 is 18.1 Å². The van der Waals surface area contributed by atoms with Gasteiger partial charge in [0.25, 0.3) is 0 Å². The van der Waals surface area contributed by atoms with Gasteiger partial charge in [0, 0.05) is 13.1 Å². The molecule has 4 heteroatoms. The van der Waals surface area contributed by atoms with Crippen molar-refractivity contribution in [3.8, 4) is 0 Å². The third-order valence-electron chi connectivity index (χ3n) is 3.75. The van der Waals surface area contributed by atoms with Gasteiger partial charge in [-0.05, 0) is 43.4 Å². The minimum absolute atomic E-state index is 0. The zero-order valence-corrected chi connectivity index (χ0v) is 13.5. The zero-order chi connectivity index (χ0) is 14.2. The molecule has 1 N–H and O–H groups in total. The molecule has 0 fully saturated rings. The summed E-state index contributed by atoms with van der Waals surface area (Å²) in [6.07, 6.45) is 6.17. The lowest BCUT2D eigenvalue weighted by Crippen LogP contribution is -2.33. The molecule has 0 saturated heterocycles. The van der Waals surface area contributed by atoms with Gasteiger partial charge in [-0.3, -0.25) is 4.90 Å². The minimum Gasteiger partial charge on any atom is -0.411 e. The molecule has 0 aliphatic carbocycles. The van der Waals surface area contributed by atoms with Crippen LogP contribution in [0.4, 0.5) is 0 Å². The molecule has 0 spiro atoms. The molecule has 1 aromatic carbocycles. The standard InChI is InChI=1S/C17H24N2O.ClH/c1-2-12-19-13-6-9-16(14-19)17(18-20)11-10-15-7-4-3-5-8-15;/h3-5,7-9,20H,2,6,10-14H2,1H3;1H/b18-17+;. The van der Waals surface area contributed by atoms with Crippen molar-refractivity contribution in [2.24, 2.45) is 5.16 Å². The molecule has 116 valence electrons. The number of aryl methyl sites for hydroxylation is 1. The van der Waals surface area contributed by atoms with Crippen molar-refractivity contribution in [2.45, 2.75) is 32.6 Å². The molecule has 0 aromatic heterocycles. The Kier molecular flexibility index (Phi) is 8.09. The van der Waals surface area contributed by atoms with Crippen molar-refractivity contribution in [1.29, 1.82) is 0 Å². The number of halogens is 1. The van der Waals surface area contributed by atoms with Gasteiger partial charge in [-0.25, -0.2) is 0 Å². The van der Waals surface area contributed by atoms with Gasteiger partial charge < -0.3 is 5.21 Å². The second kappa shape index (κ2) is 9.59. The highest BCUT2D eigenvalue weighted by atomic mass is 35.5. The van der Waals surface area contributed by atoms with Crippen LogP contribution in [0.25, 0.3) is 0 Å². The van der Waals surface area contributed by atoms with Crippen molar-refractivity contribution in [2.75, 3.05) is 19.6 Å². The highest BCUT2D eigenvalue weighted by Crippen LogP contribution is 2.15. The molecular weight excluding hydrogens is 284 g/mol. The Hall–Kier alpha value is -1.32. The average molecular weight is 309 g/mol. The van der Waals surface area contributed by atoms with Gasteiger partial charge in [-0.15, -0.1) is 12.4 Å². The van der Waals surface area contributed by atoms with Crippen molar-refractivity contribution in [3.63, 3.8) is 0 Å². The lowest BCUT2D eigenvalue weighted by atomic mass is 9.99. The fourth-order valence-electron chi connectivity index (χ4n) is 2.70. The van der Waals surface area contributed by atoms with E-state index >= 15 is 0 Å². The Morgan fingerprint density at radius 3 is 2.71 bits per heavy atom. The Morgan fingerprint density at radius 1 is 1.29 bits per heavy atom. The SMILES string of the molecule is CCCN1CCC=C(/C(CCc2ccccc2)=N/O)C1.Cl. The van der Waals surface area contributed by atoms with E-state index in [9.17, 15) is 5.21 Å². The molecule has 0 radical (unpaired) electrons. The van der Waals surface area contributed by atoms with E-state index in [2.05, 4.69) is 35.2 Å². The number of benzene rings is 1. The van der Waals surface area contributed by atoms with E-state index in [1.54, 1.807) is 0 Å². The van der Waals surface area contributed by atoms with Gasteiger partial charge in [-0.2, -0.15) is 0 Å². The van der Waals surface area contributed by atoms with Crippen LogP contribution in [0.15, 0.2) is 47.1 Å². The summed E-state index contributed by atoms with van der Waals surface area (Å²) in [7, 11) is 0. The summed E-state index contributed by atoms with van der Waals surface area (Å²) in [5.41, 5.74) is 3.33. The van der Waals surface area contributed by atoms with Crippen LogP contribution in [0, 0.1) is 0 Å². The van der Waals surface area contributed by atoms with Crippen LogP contribution in [0.3, 0.4) is 0 Å². The third-order valence-corrected chi connectivity index (χ3v) is 3.75. The predicted molar refractivity (Wildman–Crippen MR) is 90.7 cm³/mol. The summed E-state index contributed by atoms with van der Waals surface area (Å²) < 4.78 is 0. The molecule has 0 saturated carbocycles. The fourth-order valence-corrected chi connectivity index (χ4v) is 2.70. The second-order valence-electron chi connectivity index (χ2n) is 5.33. The number of hydrogen-bond donors (Lipinski definition) is 1. The second-order valence-corrected chi connectivity index (χ2v) is 5.33. The van der Waals surface area contributed by atoms with Crippen LogP contribution in [0.1, 0.15) is 31.7 Å². The Bertz CT molecular complexity index is 471. The van der Waals surface area contributed by atoms with Gasteiger partial charge in [0.1, 0.15) is 0 Å². The largest absolute Gasteiger partial charge is 0.411 e. The Labute approximate surface area is 133 Å². The molecular formula is C17H25ClN2O. The predicted octanol–water partition coefficient (Wildman–Crippen LogP) is 3.91. The summed E-state index contributed by atoms with van der Waals surface area (Å²) in [4.78, 5) is 2.43. The monoisotopic (exact) mass is 308 g/mol. The normalized spacial score (nSPS) is 16.2. The van der Waals surface area contributed by atoms with Crippen molar-refractivity contribution in [3.05, 3.63) is 47.5 Å². The molecule has 3 nitrogen and oxygen atoms in total. The maximum absolute atomic E-state index is 9.30. The maximum Gasteiger partial charge on any atom is 0.0840 e. The van der Waals surface area contributed by atoms with Gasteiger partial charge in [0.15, 0.2) is 0 Å². The molecule has 0 amide bonds. The first-order valence-corrected chi connectivity index (χ1v) is 7.50. The minimum atomic E-state index is 0. The van der Waals surface area contributed by atoms with Gasteiger partial charge in [0.05, 0.1) is 5.71 Å². The summed E-state index contributed by atoms with van der Waals surface area (Å²) in [5, 5.41) is 12.8. The number of oxime groups is 1. The highest BCUT2D eigenvalue weighted by molar-refractivity contribution is 6.00. The Balaban J connectivity index is 0.00000220. The van der Waals surface area contributed by atoms with Crippen LogP contribution in [-0.2, 0) is 6.42 Å². The van der Waals surface area contributed by atoms with Crippen LogP contribution in [0.5, 0.6) is 0 Å². The van der Waals surface area contributed by atoms with E-state index in [0.717, 1.165) is 44.6 Å². The van der Waals surface area contributed by atoms with Crippen LogP contribution >= 0.6 is 12.4 Å². The van der Waals surface area contributed by atoms with E-state index in [1.165, 1.54) is 17.6 Å². The summed E-state index contributed by atoms with van der Waals surface area (Å²) in [6, 6.07) is 10.4. The van der Waals surface area contributed by atoms with E-state index in [-0.39, 0.29) is 12.4 Å². The van der Waals surface area contributed by atoms with Crippen LogP contribution in [-0.4, -0.2) is 35.5 Å². The van der Waals surface area contributed by atoms with Crippen LogP contribution < -0.4 is 0 Å². The summed E-state index contributed by atoms with van der Waals surface area (Å²) >= 11 is 0. The molecule has 21 heavy (non-hydrogen) atoms. The molecule has 1 aliphatic heterocycles. The topological polar surface area (TPSA) is 35.8 Å². The summed E-state index contributed by atoms with van der Waals surface area (Å²) in [6.45, 7) is 5.36. The molecule has 2 rings (SSSR count). The summed E-state index contributed by atoms with van der Waals surface area (Å²) in [5.74, 6) is 0. The van der Waals surface area contributed by atoms with Crippen LogP contribution in [0.2, 0.25) is 0 Å². The first-order chi connectivity index (χ1) is 9.83. The molecule has 1 aromatic rings. The lowest BCUT2D eigenvalue weighted by molar-refractivity contribution is 0.291. The first kappa shape index (κ1) is 17.7. The fraction of sp³-hybridized carbons (Fsp3) is 0.471. The van der Waals surface area contributed by atoms with Gasteiger partial charge >= 0.3 is 0 Å². The average Bonchev–Trinajstić information content (AvgIpc) is 2.50. The molecule has 0 unspecified atom stereocenters. The quantitative estimate of drug-likeness (QED) is 0.491. The highest BCUT2D eigenvalue weighted by Gasteiger charge is 2.16. The number of hydrogen-bond acceptors (Lipinski definition) is 3. The van der Waals surface area contributed by atoms with E-state index in [4.69, 9.17) is 0 Å². The third kappa shape index (κ3) is 5.52. The molecule has 1 heterocycles. The van der Waals surface area contributed by atoms with Gasteiger partial charge in [0.2, 0.25) is 0 Å². The van der Waals surface area contributed by atoms with E-state index < -0.39 is 0 Å². The molecule has 1 aliphatic rings. The van der Waals surface area contributed by atoms with Crippen molar-refractivity contribution in [1.82, 2.24) is 4.90 Å². The lowest BCUT2D eigenvalue weighted by Gasteiger charge is -2.27. The number of rotatable bonds is 6. The number of nitrogens with zero attached hydrogens (tertiary/aromatic N) is 2. The molecule has 0 bridgehead atoms. The van der Waals surface area contributed by atoms with E-state index in [0.29, 0.717) is 0 Å². The smallest absolute Gasteiger partial charge is 0.0840 e. The molecule has 0 atom stereocenters. The first-order valence-electron chi connectivity index (χ1n) is 7.50. The maximum atomic E-state index is 9.30. The van der Waals surface area contributed by atoms with E-state index in [1.807, 2.05) is 18.2 Å². The zero-order valence-electron chi connectivity index (χ0n) is 12.7. The Morgan fingerprint density at radius 2 is 2.05 bits per heavy atom.